The molecule has 2 unspecified atom stereocenters. The first-order valence-corrected chi connectivity index (χ1v) is 8.51. The second-order valence-corrected chi connectivity index (χ2v) is 6.03. The SMILES string of the molecule is CCOc1ccc(C(Oc2ccccc2)C2CN(C)CCO2)cc1. The summed E-state index contributed by atoms with van der Waals surface area (Å²) in [6.45, 7) is 5.19. The smallest absolute Gasteiger partial charge is 0.151 e. The molecule has 0 spiro atoms. The second kappa shape index (κ2) is 8.18. The highest BCUT2D eigenvalue weighted by Crippen LogP contribution is 2.29. The van der Waals surface area contributed by atoms with Crippen LogP contribution < -0.4 is 9.47 Å². The van der Waals surface area contributed by atoms with Crippen LogP contribution in [0.1, 0.15) is 18.6 Å². The Balaban J connectivity index is 1.83. The van der Waals surface area contributed by atoms with Crippen molar-refractivity contribution in [1.29, 1.82) is 0 Å². The number of morpholine rings is 1. The molecule has 24 heavy (non-hydrogen) atoms. The summed E-state index contributed by atoms with van der Waals surface area (Å²) in [5.74, 6) is 1.73. The van der Waals surface area contributed by atoms with E-state index < -0.39 is 0 Å². The Kier molecular flexibility index (Phi) is 5.72. The second-order valence-electron chi connectivity index (χ2n) is 6.03. The normalized spacial score (nSPS) is 19.7. The first kappa shape index (κ1) is 16.8. The Hall–Kier alpha value is -2.04. The van der Waals surface area contributed by atoms with E-state index in [0.717, 1.165) is 36.8 Å². The molecule has 0 aliphatic carbocycles. The van der Waals surface area contributed by atoms with Crippen LogP contribution in [0.2, 0.25) is 0 Å². The number of hydrogen-bond acceptors (Lipinski definition) is 4. The molecule has 128 valence electrons. The minimum absolute atomic E-state index is 0.00176. The van der Waals surface area contributed by atoms with E-state index in [9.17, 15) is 0 Å². The molecule has 1 saturated heterocycles. The largest absolute Gasteiger partial charge is 0.494 e. The molecule has 1 aliphatic heterocycles. The van der Waals surface area contributed by atoms with Gasteiger partial charge < -0.3 is 19.1 Å². The van der Waals surface area contributed by atoms with E-state index in [-0.39, 0.29) is 12.2 Å². The highest BCUT2D eigenvalue weighted by molar-refractivity contribution is 5.31. The van der Waals surface area contributed by atoms with Crippen molar-refractivity contribution < 1.29 is 14.2 Å². The van der Waals surface area contributed by atoms with Gasteiger partial charge in [0, 0.05) is 13.1 Å². The molecule has 1 heterocycles. The van der Waals surface area contributed by atoms with E-state index in [2.05, 4.69) is 24.1 Å². The first-order valence-electron chi connectivity index (χ1n) is 8.51. The zero-order chi connectivity index (χ0) is 16.8. The molecule has 0 bridgehead atoms. The molecule has 0 aromatic heterocycles. The summed E-state index contributed by atoms with van der Waals surface area (Å²) in [4.78, 5) is 2.28. The van der Waals surface area contributed by atoms with Crippen molar-refractivity contribution >= 4 is 0 Å². The molecule has 2 aromatic rings. The zero-order valence-electron chi connectivity index (χ0n) is 14.4. The number of rotatable bonds is 6. The molecular formula is C20H25NO3. The average molecular weight is 327 g/mol. The number of para-hydroxylation sites is 1. The Morgan fingerprint density at radius 2 is 1.83 bits per heavy atom. The zero-order valence-corrected chi connectivity index (χ0v) is 14.4. The lowest BCUT2D eigenvalue weighted by Crippen LogP contribution is -2.44. The highest BCUT2D eigenvalue weighted by atomic mass is 16.5. The van der Waals surface area contributed by atoms with Crippen LogP contribution in [-0.4, -0.2) is 44.4 Å². The molecule has 2 aromatic carbocycles. The van der Waals surface area contributed by atoms with Crippen LogP contribution in [-0.2, 0) is 4.74 Å². The number of ether oxygens (including phenoxy) is 3. The van der Waals surface area contributed by atoms with Gasteiger partial charge in [0.05, 0.1) is 13.2 Å². The van der Waals surface area contributed by atoms with Gasteiger partial charge in [-0.1, -0.05) is 30.3 Å². The number of hydrogen-bond donors (Lipinski definition) is 0. The Morgan fingerprint density at radius 3 is 2.50 bits per heavy atom. The van der Waals surface area contributed by atoms with Crippen molar-refractivity contribution in [2.24, 2.45) is 0 Å². The molecular weight excluding hydrogens is 302 g/mol. The van der Waals surface area contributed by atoms with Crippen molar-refractivity contribution in [2.45, 2.75) is 19.1 Å². The Morgan fingerprint density at radius 1 is 1.08 bits per heavy atom. The lowest BCUT2D eigenvalue weighted by atomic mass is 10.0. The molecule has 3 rings (SSSR count). The number of likely N-dealkylation sites (N-methyl/N-ethyl adjacent to an activating group) is 1. The van der Waals surface area contributed by atoms with Gasteiger partial charge in [0.25, 0.3) is 0 Å². The highest BCUT2D eigenvalue weighted by Gasteiger charge is 2.30. The van der Waals surface area contributed by atoms with E-state index in [4.69, 9.17) is 14.2 Å². The summed E-state index contributed by atoms with van der Waals surface area (Å²) in [7, 11) is 2.12. The van der Waals surface area contributed by atoms with E-state index >= 15 is 0 Å². The van der Waals surface area contributed by atoms with E-state index in [0.29, 0.717) is 6.61 Å². The first-order chi connectivity index (χ1) is 11.8. The lowest BCUT2D eigenvalue weighted by molar-refractivity contribution is -0.0760. The number of nitrogens with zero attached hydrogens (tertiary/aromatic N) is 1. The van der Waals surface area contributed by atoms with Crippen molar-refractivity contribution in [3.8, 4) is 11.5 Å². The van der Waals surface area contributed by atoms with Crippen LogP contribution >= 0.6 is 0 Å². The summed E-state index contributed by atoms with van der Waals surface area (Å²) >= 11 is 0. The molecule has 2 atom stereocenters. The van der Waals surface area contributed by atoms with Crippen LogP contribution in [0.5, 0.6) is 11.5 Å². The van der Waals surface area contributed by atoms with E-state index in [1.54, 1.807) is 0 Å². The summed E-state index contributed by atoms with van der Waals surface area (Å²) in [5.41, 5.74) is 1.10. The van der Waals surface area contributed by atoms with Gasteiger partial charge in [-0.15, -0.1) is 0 Å². The molecule has 1 aliphatic rings. The average Bonchev–Trinajstić information content (AvgIpc) is 2.62. The fraction of sp³-hybridized carbons (Fsp3) is 0.400. The van der Waals surface area contributed by atoms with Crippen LogP contribution in [0.3, 0.4) is 0 Å². The van der Waals surface area contributed by atoms with Crippen molar-refractivity contribution in [1.82, 2.24) is 4.90 Å². The number of benzene rings is 2. The van der Waals surface area contributed by atoms with Gasteiger partial charge in [-0.3, -0.25) is 0 Å². The molecule has 4 nitrogen and oxygen atoms in total. The molecule has 0 N–H and O–H groups in total. The Bertz CT molecular complexity index is 615. The minimum Gasteiger partial charge on any atom is -0.494 e. The summed E-state index contributed by atoms with van der Waals surface area (Å²) < 4.78 is 17.9. The summed E-state index contributed by atoms with van der Waals surface area (Å²) in [6, 6.07) is 18.0. The van der Waals surface area contributed by atoms with E-state index in [1.165, 1.54) is 0 Å². The van der Waals surface area contributed by atoms with Crippen molar-refractivity contribution in [3.05, 3.63) is 60.2 Å². The third-order valence-corrected chi connectivity index (χ3v) is 4.16. The molecule has 0 radical (unpaired) electrons. The van der Waals surface area contributed by atoms with Gasteiger partial charge in [0.15, 0.2) is 6.10 Å². The maximum absolute atomic E-state index is 6.30. The third-order valence-electron chi connectivity index (χ3n) is 4.16. The van der Waals surface area contributed by atoms with Crippen molar-refractivity contribution in [3.63, 3.8) is 0 Å². The lowest BCUT2D eigenvalue weighted by Gasteiger charge is -2.35. The predicted octanol–water partition coefficient (Wildman–Crippen LogP) is 3.54. The monoisotopic (exact) mass is 327 g/mol. The maximum Gasteiger partial charge on any atom is 0.151 e. The topological polar surface area (TPSA) is 30.9 Å². The summed E-state index contributed by atoms with van der Waals surface area (Å²) in [6.07, 6.45) is -0.146. The van der Waals surface area contributed by atoms with Crippen LogP contribution in [0.25, 0.3) is 0 Å². The van der Waals surface area contributed by atoms with Gasteiger partial charge in [-0.25, -0.2) is 0 Å². The molecule has 4 heteroatoms. The summed E-state index contributed by atoms with van der Waals surface area (Å²) in [5, 5.41) is 0. The fourth-order valence-corrected chi connectivity index (χ4v) is 2.92. The minimum atomic E-state index is -0.147. The Labute approximate surface area is 144 Å². The van der Waals surface area contributed by atoms with Gasteiger partial charge >= 0.3 is 0 Å². The molecule has 1 fully saturated rings. The predicted molar refractivity (Wildman–Crippen MR) is 94.7 cm³/mol. The van der Waals surface area contributed by atoms with Gasteiger partial charge in [0.2, 0.25) is 0 Å². The van der Waals surface area contributed by atoms with Crippen LogP contribution in [0.4, 0.5) is 0 Å². The van der Waals surface area contributed by atoms with Crippen LogP contribution in [0, 0.1) is 0 Å². The third kappa shape index (κ3) is 4.28. The quantitative estimate of drug-likeness (QED) is 0.812. The standard InChI is InChI=1S/C20H25NO3/c1-3-22-17-11-9-16(10-12-17)20(19-15-21(2)13-14-23-19)24-18-7-5-4-6-8-18/h4-12,19-20H,3,13-15H2,1-2H3. The van der Waals surface area contributed by atoms with E-state index in [1.807, 2.05) is 49.4 Å². The van der Waals surface area contributed by atoms with Gasteiger partial charge in [-0.2, -0.15) is 0 Å². The van der Waals surface area contributed by atoms with Gasteiger partial charge in [-0.05, 0) is 43.8 Å². The molecule has 0 amide bonds. The maximum atomic E-state index is 6.30. The fourth-order valence-electron chi connectivity index (χ4n) is 2.92. The van der Waals surface area contributed by atoms with Crippen molar-refractivity contribution in [2.75, 3.05) is 33.4 Å². The van der Waals surface area contributed by atoms with Gasteiger partial charge in [0.1, 0.15) is 17.6 Å². The molecule has 0 saturated carbocycles. The van der Waals surface area contributed by atoms with Crippen LogP contribution in [0.15, 0.2) is 54.6 Å².